The maximum Gasteiger partial charge on any atom is 0.0577 e. The predicted octanol–water partition coefficient (Wildman–Crippen LogP) is 4.30. The van der Waals surface area contributed by atoms with Crippen LogP contribution in [0.4, 0.5) is 0 Å². The first-order chi connectivity index (χ1) is 11.8. The van der Waals surface area contributed by atoms with Crippen LogP contribution in [0.3, 0.4) is 0 Å². The lowest BCUT2D eigenvalue weighted by atomic mass is 9.88. The molecule has 0 saturated carbocycles. The van der Waals surface area contributed by atoms with E-state index >= 15 is 0 Å². The van der Waals surface area contributed by atoms with Crippen molar-refractivity contribution in [3.63, 3.8) is 0 Å². The second-order valence-corrected chi connectivity index (χ2v) is 5.89. The lowest BCUT2D eigenvalue weighted by Crippen LogP contribution is -2.24. The quantitative estimate of drug-likeness (QED) is 0.708. The number of hydrogen-bond acceptors (Lipinski definition) is 2. The zero-order valence-corrected chi connectivity index (χ0v) is 14.2. The highest BCUT2D eigenvalue weighted by molar-refractivity contribution is 5.42. The van der Waals surface area contributed by atoms with Crippen LogP contribution in [-0.4, -0.2) is 14.1 Å². The summed E-state index contributed by atoms with van der Waals surface area (Å²) in [5.41, 5.74) is 5.15. The fourth-order valence-corrected chi connectivity index (χ4v) is 3.33. The molecule has 2 unspecified atom stereocenters. The molecule has 0 radical (unpaired) electrons. The normalized spacial score (nSPS) is 13.4. The van der Waals surface area contributed by atoms with Crippen molar-refractivity contribution in [1.29, 1.82) is 0 Å². The molecule has 3 aromatic carbocycles. The Labute approximate surface area is 144 Å². The Bertz CT molecular complexity index is 687. The fraction of sp³-hybridized carbons (Fsp3) is 0.182. The highest BCUT2D eigenvalue weighted by atomic mass is 14.9. The van der Waals surface area contributed by atoms with E-state index in [0.29, 0.717) is 0 Å². The molecule has 2 atom stereocenters. The topological polar surface area (TPSA) is 24.1 Å². The highest BCUT2D eigenvalue weighted by Crippen LogP contribution is 2.31. The summed E-state index contributed by atoms with van der Waals surface area (Å²) in [6.45, 7) is 0. The molecule has 0 fully saturated rings. The summed E-state index contributed by atoms with van der Waals surface area (Å²) in [6.07, 6.45) is 0. The Morgan fingerprint density at radius 2 is 0.833 bits per heavy atom. The second kappa shape index (κ2) is 7.91. The van der Waals surface area contributed by atoms with Crippen LogP contribution in [0.2, 0.25) is 0 Å². The lowest BCUT2D eigenvalue weighted by Gasteiger charge is -2.25. The van der Waals surface area contributed by atoms with E-state index in [2.05, 4.69) is 95.6 Å². The number of nitrogens with one attached hydrogen (secondary N) is 2. The van der Waals surface area contributed by atoms with E-state index in [1.165, 1.54) is 22.3 Å². The van der Waals surface area contributed by atoms with Gasteiger partial charge >= 0.3 is 0 Å². The van der Waals surface area contributed by atoms with Gasteiger partial charge in [-0.15, -0.1) is 0 Å². The summed E-state index contributed by atoms with van der Waals surface area (Å²) in [4.78, 5) is 0. The van der Waals surface area contributed by atoms with Crippen molar-refractivity contribution >= 4 is 0 Å². The summed E-state index contributed by atoms with van der Waals surface area (Å²) in [7, 11) is 4.04. The van der Waals surface area contributed by atoms with Crippen molar-refractivity contribution in [2.75, 3.05) is 14.1 Å². The van der Waals surface area contributed by atoms with Gasteiger partial charge in [0.05, 0.1) is 12.1 Å². The monoisotopic (exact) mass is 316 g/mol. The van der Waals surface area contributed by atoms with Crippen LogP contribution in [0.15, 0.2) is 84.9 Å². The molecule has 0 aliphatic carbocycles. The molecule has 0 saturated heterocycles. The van der Waals surface area contributed by atoms with Gasteiger partial charge in [-0.1, -0.05) is 84.9 Å². The molecule has 0 aliphatic rings. The van der Waals surface area contributed by atoms with Crippen LogP contribution in [0.1, 0.15) is 34.3 Å². The Balaban J connectivity index is 2.07. The molecule has 2 N–H and O–H groups in total. The van der Waals surface area contributed by atoms with Crippen molar-refractivity contribution in [3.8, 4) is 0 Å². The Morgan fingerprint density at radius 3 is 1.17 bits per heavy atom. The van der Waals surface area contributed by atoms with E-state index in [-0.39, 0.29) is 12.1 Å². The van der Waals surface area contributed by atoms with Crippen molar-refractivity contribution in [2.45, 2.75) is 12.1 Å². The van der Waals surface area contributed by atoms with Gasteiger partial charge in [-0.25, -0.2) is 0 Å². The molecule has 3 aromatic rings. The average molecular weight is 316 g/mol. The van der Waals surface area contributed by atoms with Crippen LogP contribution in [-0.2, 0) is 0 Å². The molecule has 0 bridgehead atoms. The zero-order chi connectivity index (χ0) is 16.8. The smallest absolute Gasteiger partial charge is 0.0577 e. The summed E-state index contributed by atoms with van der Waals surface area (Å²) < 4.78 is 0. The van der Waals surface area contributed by atoms with Gasteiger partial charge in [0, 0.05) is 0 Å². The summed E-state index contributed by atoms with van der Waals surface area (Å²) in [6, 6.07) is 30.2. The molecule has 122 valence electrons. The average Bonchev–Trinajstić information content (AvgIpc) is 2.66. The molecule has 2 heteroatoms. The van der Waals surface area contributed by atoms with Gasteiger partial charge in [-0.05, 0) is 36.3 Å². The molecular weight excluding hydrogens is 292 g/mol. The van der Waals surface area contributed by atoms with E-state index in [1.54, 1.807) is 0 Å². The minimum atomic E-state index is 0.168. The van der Waals surface area contributed by atoms with Crippen molar-refractivity contribution in [3.05, 3.63) is 107 Å². The first-order valence-electron chi connectivity index (χ1n) is 8.38. The summed E-state index contributed by atoms with van der Waals surface area (Å²) in [5.74, 6) is 0. The fourth-order valence-electron chi connectivity index (χ4n) is 3.33. The van der Waals surface area contributed by atoms with Crippen molar-refractivity contribution < 1.29 is 0 Å². The number of rotatable bonds is 6. The molecule has 0 heterocycles. The standard InChI is InChI=1S/C22H24N2/c1-23-21(17-11-5-3-6-12-17)19-15-9-10-16-20(19)22(24-2)18-13-7-4-8-14-18/h3-16,21-24H,1-2H3. The van der Waals surface area contributed by atoms with E-state index in [4.69, 9.17) is 0 Å². The maximum absolute atomic E-state index is 3.48. The van der Waals surface area contributed by atoms with Gasteiger partial charge in [-0.2, -0.15) is 0 Å². The minimum absolute atomic E-state index is 0.168. The highest BCUT2D eigenvalue weighted by Gasteiger charge is 2.20. The Hall–Kier alpha value is -2.42. The Kier molecular flexibility index (Phi) is 5.42. The van der Waals surface area contributed by atoms with Gasteiger partial charge in [-0.3, -0.25) is 0 Å². The van der Waals surface area contributed by atoms with Crippen LogP contribution in [0.25, 0.3) is 0 Å². The summed E-state index contributed by atoms with van der Waals surface area (Å²) >= 11 is 0. The summed E-state index contributed by atoms with van der Waals surface area (Å²) in [5, 5.41) is 6.96. The van der Waals surface area contributed by atoms with Crippen LogP contribution in [0.5, 0.6) is 0 Å². The molecule has 2 nitrogen and oxygen atoms in total. The third kappa shape index (κ3) is 3.40. The number of hydrogen-bond donors (Lipinski definition) is 2. The molecule has 0 amide bonds. The van der Waals surface area contributed by atoms with Gasteiger partial charge in [0.2, 0.25) is 0 Å². The molecular formula is C22H24N2. The largest absolute Gasteiger partial charge is 0.309 e. The molecule has 0 aromatic heterocycles. The predicted molar refractivity (Wildman–Crippen MR) is 101 cm³/mol. The molecule has 0 spiro atoms. The van der Waals surface area contributed by atoms with Crippen LogP contribution >= 0.6 is 0 Å². The van der Waals surface area contributed by atoms with Crippen LogP contribution in [0, 0.1) is 0 Å². The zero-order valence-electron chi connectivity index (χ0n) is 14.2. The first kappa shape index (κ1) is 16.4. The molecule has 24 heavy (non-hydrogen) atoms. The third-order valence-corrected chi connectivity index (χ3v) is 4.46. The lowest BCUT2D eigenvalue weighted by molar-refractivity contribution is 0.642. The third-order valence-electron chi connectivity index (χ3n) is 4.46. The van der Waals surface area contributed by atoms with Crippen molar-refractivity contribution in [2.24, 2.45) is 0 Å². The van der Waals surface area contributed by atoms with Gasteiger partial charge in [0.25, 0.3) is 0 Å². The van der Waals surface area contributed by atoms with E-state index < -0.39 is 0 Å². The molecule has 0 aliphatic heterocycles. The minimum Gasteiger partial charge on any atom is -0.309 e. The van der Waals surface area contributed by atoms with E-state index in [1.807, 2.05) is 14.1 Å². The van der Waals surface area contributed by atoms with Crippen molar-refractivity contribution in [1.82, 2.24) is 10.6 Å². The van der Waals surface area contributed by atoms with Gasteiger partial charge in [0.15, 0.2) is 0 Å². The molecule has 3 rings (SSSR count). The second-order valence-electron chi connectivity index (χ2n) is 5.89. The van der Waals surface area contributed by atoms with Gasteiger partial charge in [0.1, 0.15) is 0 Å². The first-order valence-corrected chi connectivity index (χ1v) is 8.38. The van der Waals surface area contributed by atoms with Gasteiger partial charge < -0.3 is 10.6 Å². The maximum atomic E-state index is 3.48. The number of benzene rings is 3. The van der Waals surface area contributed by atoms with E-state index in [9.17, 15) is 0 Å². The Morgan fingerprint density at radius 1 is 0.500 bits per heavy atom. The van der Waals surface area contributed by atoms with Crippen LogP contribution < -0.4 is 10.6 Å². The van der Waals surface area contributed by atoms with E-state index in [0.717, 1.165) is 0 Å². The SMILES string of the molecule is CNC(c1ccccc1)c1ccccc1C(NC)c1ccccc1.